The third kappa shape index (κ3) is 7.10. The van der Waals surface area contributed by atoms with Crippen LogP contribution in [0.15, 0.2) is 74.7 Å². The molecule has 0 spiro atoms. The van der Waals surface area contributed by atoms with Gasteiger partial charge in [-0.25, -0.2) is 8.42 Å². The van der Waals surface area contributed by atoms with E-state index < -0.39 is 28.5 Å². The number of nitrogens with one attached hydrogen (secondary N) is 1. The second kappa shape index (κ2) is 12.2. The molecule has 1 aliphatic heterocycles. The van der Waals surface area contributed by atoms with Crippen molar-refractivity contribution in [2.24, 2.45) is 0 Å². The molecule has 1 aliphatic rings. The van der Waals surface area contributed by atoms with Crippen molar-refractivity contribution in [2.45, 2.75) is 39.7 Å². The number of benzene rings is 2. The first-order valence-electron chi connectivity index (χ1n) is 11.4. The van der Waals surface area contributed by atoms with Gasteiger partial charge in [-0.05, 0) is 61.4 Å². The summed E-state index contributed by atoms with van der Waals surface area (Å²) in [5, 5.41) is 3.42. The van der Waals surface area contributed by atoms with E-state index >= 15 is 0 Å². The van der Waals surface area contributed by atoms with Crippen LogP contribution < -0.4 is 5.32 Å². The number of amides is 1. The molecule has 2 aromatic carbocycles. The third-order valence-electron chi connectivity index (χ3n) is 5.43. The summed E-state index contributed by atoms with van der Waals surface area (Å²) in [7, 11) is -3.54. The van der Waals surface area contributed by atoms with Gasteiger partial charge in [-0.1, -0.05) is 41.9 Å². The van der Waals surface area contributed by atoms with E-state index in [2.05, 4.69) is 5.32 Å². The van der Waals surface area contributed by atoms with E-state index in [1.54, 1.807) is 30.3 Å². The Balaban J connectivity index is 1.29. The number of piperidine rings is 1. The van der Waals surface area contributed by atoms with Gasteiger partial charge < -0.3 is 10.1 Å². The van der Waals surface area contributed by atoms with E-state index in [0.29, 0.717) is 28.7 Å². The molecule has 1 N–H and O–H groups in total. The third-order valence-corrected chi connectivity index (χ3v) is 10.2. The van der Waals surface area contributed by atoms with Gasteiger partial charge in [-0.15, -0.1) is 11.3 Å². The average molecular weight is 565 g/mol. The van der Waals surface area contributed by atoms with Crippen LogP contribution in [0.2, 0.25) is 5.02 Å². The van der Waals surface area contributed by atoms with Crippen molar-refractivity contribution < 1.29 is 22.7 Å². The number of thiophene rings is 1. The van der Waals surface area contributed by atoms with Crippen LogP contribution in [0.4, 0.5) is 5.69 Å². The molecule has 1 aromatic heterocycles. The van der Waals surface area contributed by atoms with E-state index in [-0.39, 0.29) is 10.6 Å². The zero-order valence-corrected chi connectivity index (χ0v) is 22.5. The number of carbonyl (C=O) groups is 2. The van der Waals surface area contributed by atoms with Crippen LogP contribution in [-0.2, 0) is 30.8 Å². The van der Waals surface area contributed by atoms with Gasteiger partial charge in [0.2, 0.25) is 0 Å². The van der Waals surface area contributed by atoms with Crippen LogP contribution in [0.1, 0.15) is 24.1 Å². The number of hydrogen-bond acceptors (Lipinski definition) is 7. The number of hydrogen-bond donors (Lipinski definition) is 1. The van der Waals surface area contributed by atoms with Gasteiger partial charge in [0.15, 0.2) is 6.61 Å². The highest BCUT2D eigenvalue weighted by Gasteiger charge is 2.27. The molecule has 0 atom stereocenters. The van der Waals surface area contributed by atoms with Gasteiger partial charge in [0.25, 0.3) is 15.9 Å². The summed E-state index contributed by atoms with van der Waals surface area (Å²) in [6, 6.07) is 17.8. The fourth-order valence-electron chi connectivity index (χ4n) is 3.64. The average Bonchev–Trinajstić information content (AvgIpc) is 3.35. The first-order chi connectivity index (χ1) is 17.3. The Morgan fingerprint density at radius 3 is 2.47 bits per heavy atom. The van der Waals surface area contributed by atoms with Gasteiger partial charge in [0, 0.05) is 32.8 Å². The smallest absolute Gasteiger partial charge is 0.311 e. The summed E-state index contributed by atoms with van der Waals surface area (Å²) >= 11 is 8.48. The maximum atomic E-state index is 12.8. The summed E-state index contributed by atoms with van der Waals surface area (Å²) in [4.78, 5) is 27.1. The number of anilines is 1. The van der Waals surface area contributed by atoms with Gasteiger partial charge >= 0.3 is 5.97 Å². The molecular weight excluding hydrogens is 540 g/mol. The Morgan fingerprint density at radius 1 is 1.00 bits per heavy atom. The van der Waals surface area contributed by atoms with Crippen LogP contribution >= 0.6 is 34.7 Å². The summed E-state index contributed by atoms with van der Waals surface area (Å²) in [5.74, 6) is -1.07. The minimum absolute atomic E-state index is 0.101. The summed E-state index contributed by atoms with van der Waals surface area (Å²) in [5.41, 5.74) is 0.601. The lowest BCUT2D eigenvalue weighted by molar-refractivity contribution is -0.146. The summed E-state index contributed by atoms with van der Waals surface area (Å²) in [6.07, 6.45) is 2.65. The number of esters is 1. The van der Waals surface area contributed by atoms with Crippen molar-refractivity contribution in [1.82, 2.24) is 4.31 Å². The van der Waals surface area contributed by atoms with Crippen LogP contribution in [0.5, 0.6) is 0 Å². The molecule has 7 nitrogen and oxygen atoms in total. The van der Waals surface area contributed by atoms with Gasteiger partial charge in [0.05, 0.1) is 12.1 Å². The Kier molecular flexibility index (Phi) is 9.08. The molecule has 0 unspecified atom stereocenters. The van der Waals surface area contributed by atoms with E-state index in [0.717, 1.165) is 40.4 Å². The van der Waals surface area contributed by atoms with Crippen molar-refractivity contribution in [3.8, 4) is 0 Å². The number of para-hydroxylation sites is 1. The van der Waals surface area contributed by atoms with Crippen LogP contribution in [-0.4, -0.2) is 44.3 Å². The fraction of sp³-hybridized carbons (Fsp3) is 0.280. The van der Waals surface area contributed by atoms with E-state index in [1.807, 2.05) is 24.3 Å². The topological polar surface area (TPSA) is 92.8 Å². The highest BCUT2D eigenvalue weighted by Crippen LogP contribution is 2.34. The molecule has 36 heavy (non-hydrogen) atoms. The maximum Gasteiger partial charge on any atom is 0.311 e. The predicted octanol–water partition coefficient (Wildman–Crippen LogP) is 5.45. The van der Waals surface area contributed by atoms with Crippen molar-refractivity contribution in [2.75, 3.05) is 25.0 Å². The highest BCUT2D eigenvalue weighted by atomic mass is 35.5. The highest BCUT2D eigenvalue weighted by molar-refractivity contribution is 7.99. The first-order valence-corrected chi connectivity index (χ1v) is 14.8. The molecule has 4 rings (SSSR count). The quantitative estimate of drug-likeness (QED) is 0.347. The molecule has 0 saturated carbocycles. The number of nitrogens with zero attached hydrogens (tertiary/aromatic N) is 1. The van der Waals surface area contributed by atoms with Crippen LogP contribution in [0, 0.1) is 0 Å². The van der Waals surface area contributed by atoms with Gasteiger partial charge in [-0.2, -0.15) is 4.31 Å². The van der Waals surface area contributed by atoms with Crippen molar-refractivity contribution in [1.29, 1.82) is 0 Å². The molecular formula is C25H25ClN2O5S3. The molecule has 1 saturated heterocycles. The SMILES string of the molecule is O=C(COC(=O)Cc1ccc(S(=O)(=O)N2CCCCC2)s1)Nc1ccccc1Sc1ccc(Cl)cc1. The molecule has 1 fully saturated rings. The summed E-state index contributed by atoms with van der Waals surface area (Å²) < 4.78 is 32.4. The standard InChI is InChI=1S/C25H25ClN2O5S3/c26-18-8-10-19(11-9-18)34-22-7-3-2-6-21(22)27-23(29)17-33-24(30)16-20-12-13-25(35-20)36(31,32)28-14-4-1-5-15-28/h2-3,6-13H,1,4-5,14-17H2,(H,27,29). The van der Waals surface area contributed by atoms with Crippen LogP contribution in [0.25, 0.3) is 0 Å². The second-order valence-corrected chi connectivity index (χ2v) is 13.0. The molecule has 0 radical (unpaired) electrons. The zero-order chi connectivity index (χ0) is 25.5. The number of halogens is 1. The Labute approximate surface area is 223 Å². The molecule has 1 amide bonds. The lowest BCUT2D eigenvalue weighted by atomic mass is 10.2. The number of rotatable bonds is 9. The Hall–Kier alpha value is -2.37. The molecule has 3 aromatic rings. The number of carbonyl (C=O) groups excluding carboxylic acids is 2. The normalized spacial score (nSPS) is 14.4. The van der Waals surface area contributed by atoms with Gasteiger partial charge in [-0.3, -0.25) is 9.59 Å². The van der Waals surface area contributed by atoms with E-state index in [1.165, 1.54) is 22.1 Å². The van der Waals surface area contributed by atoms with Gasteiger partial charge in [0.1, 0.15) is 4.21 Å². The summed E-state index contributed by atoms with van der Waals surface area (Å²) in [6.45, 7) is 0.602. The van der Waals surface area contributed by atoms with E-state index in [9.17, 15) is 18.0 Å². The van der Waals surface area contributed by atoms with Crippen molar-refractivity contribution in [3.63, 3.8) is 0 Å². The maximum absolute atomic E-state index is 12.8. The zero-order valence-electron chi connectivity index (χ0n) is 19.3. The minimum atomic E-state index is -3.54. The van der Waals surface area contributed by atoms with Crippen molar-refractivity contribution >= 4 is 62.3 Å². The monoisotopic (exact) mass is 564 g/mol. The number of sulfonamides is 1. The predicted molar refractivity (Wildman–Crippen MR) is 142 cm³/mol. The second-order valence-electron chi connectivity index (χ2n) is 8.12. The molecule has 0 aliphatic carbocycles. The molecule has 2 heterocycles. The lowest BCUT2D eigenvalue weighted by Crippen LogP contribution is -2.35. The molecule has 0 bridgehead atoms. The Morgan fingerprint density at radius 2 is 1.72 bits per heavy atom. The van der Waals surface area contributed by atoms with Crippen molar-refractivity contribution in [3.05, 3.63) is 70.6 Å². The fourth-order valence-corrected chi connectivity index (χ4v) is 7.68. The number of ether oxygens (including phenoxy) is 1. The lowest BCUT2D eigenvalue weighted by Gasteiger charge is -2.25. The molecule has 11 heteroatoms. The largest absolute Gasteiger partial charge is 0.455 e. The first kappa shape index (κ1) is 26.7. The van der Waals surface area contributed by atoms with Crippen LogP contribution in [0.3, 0.4) is 0 Å². The molecule has 190 valence electrons. The Bertz CT molecular complexity index is 1320. The van der Waals surface area contributed by atoms with E-state index in [4.69, 9.17) is 16.3 Å². The minimum Gasteiger partial charge on any atom is -0.455 e.